The van der Waals surface area contributed by atoms with Crippen LogP contribution in [0.1, 0.15) is 0 Å². The Kier molecular flexibility index (Phi) is 3.66. The van der Waals surface area contributed by atoms with Crippen LogP contribution < -0.4 is 10.5 Å². The number of anilines is 1. The van der Waals surface area contributed by atoms with Crippen molar-refractivity contribution in [1.29, 1.82) is 0 Å². The fourth-order valence-corrected chi connectivity index (χ4v) is 2.80. The second-order valence-electron chi connectivity index (χ2n) is 4.38. The summed E-state index contributed by atoms with van der Waals surface area (Å²) in [6, 6.07) is 8.28. The molecule has 1 heterocycles. The van der Waals surface area contributed by atoms with Crippen molar-refractivity contribution in [1.82, 2.24) is 9.55 Å². The Hall–Kier alpha value is -1.54. The van der Waals surface area contributed by atoms with E-state index in [-0.39, 0.29) is 11.8 Å². The van der Waals surface area contributed by atoms with E-state index in [1.165, 1.54) is 13.2 Å². The second-order valence-corrected chi connectivity index (χ2v) is 5.95. The van der Waals surface area contributed by atoms with Crippen LogP contribution in [0, 0.1) is 9.39 Å². The van der Waals surface area contributed by atoms with E-state index in [1.807, 2.05) is 22.6 Å². The summed E-state index contributed by atoms with van der Waals surface area (Å²) in [5.41, 5.74) is 7.90. The molecule has 1 aromatic heterocycles. The minimum atomic E-state index is -0.315. The van der Waals surface area contributed by atoms with Gasteiger partial charge in [-0.25, -0.2) is 9.37 Å². The number of benzene rings is 2. The zero-order chi connectivity index (χ0) is 15.1. The molecule has 2 aromatic carbocycles. The molecule has 0 radical (unpaired) electrons. The number of nitrogens with two attached hydrogens (primary N) is 1. The van der Waals surface area contributed by atoms with Gasteiger partial charge in [0.25, 0.3) is 0 Å². The number of nitrogens with zero attached hydrogens (tertiary/aromatic N) is 2. The molecule has 0 saturated heterocycles. The maximum Gasteiger partial charge on any atom is 0.205 e. The molecule has 0 aliphatic carbocycles. The third-order valence-electron chi connectivity index (χ3n) is 3.12. The molecule has 3 aromatic rings. The van der Waals surface area contributed by atoms with Crippen molar-refractivity contribution in [2.45, 2.75) is 0 Å². The van der Waals surface area contributed by atoms with Crippen molar-refractivity contribution in [2.75, 3.05) is 12.8 Å². The number of rotatable bonds is 2. The maximum absolute atomic E-state index is 13.8. The van der Waals surface area contributed by atoms with Gasteiger partial charge in [0.1, 0.15) is 11.6 Å². The first-order valence-electron chi connectivity index (χ1n) is 5.98. The van der Waals surface area contributed by atoms with E-state index >= 15 is 0 Å². The average molecular weight is 418 g/mol. The summed E-state index contributed by atoms with van der Waals surface area (Å²) >= 11 is 7.94. The third-order valence-corrected chi connectivity index (χ3v) is 4.25. The van der Waals surface area contributed by atoms with Gasteiger partial charge in [0.2, 0.25) is 5.95 Å². The number of hydrogen-bond acceptors (Lipinski definition) is 3. The quantitative estimate of drug-likeness (QED) is 0.641. The molecular weight excluding hydrogens is 408 g/mol. The van der Waals surface area contributed by atoms with E-state index < -0.39 is 0 Å². The predicted molar refractivity (Wildman–Crippen MR) is 89.7 cm³/mol. The highest BCUT2D eigenvalue weighted by Crippen LogP contribution is 2.31. The lowest BCUT2D eigenvalue weighted by Crippen LogP contribution is -2.01. The fraction of sp³-hybridized carbons (Fsp3) is 0.0714. The zero-order valence-corrected chi connectivity index (χ0v) is 13.8. The van der Waals surface area contributed by atoms with E-state index in [4.69, 9.17) is 22.1 Å². The van der Waals surface area contributed by atoms with Crippen molar-refractivity contribution in [3.63, 3.8) is 0 Å². The zero-order valence-electron chi connectivity index (χ0n) is 10.9. The predicted octanol–water partition coefficient (Wildman–Crippen LogP) is 4.01. The van der Waals surface area contributed by atoms with E-state index in [0.29, 0.717) is 31.1 Å². The van der Waals surface area contributed by atoms with Crippen LogP contribution in [-0.4, -0.2) is 16.7 Å². The number of halogens is 3. The summed E-state index contributed by atoms with van der Waals surface area (Å²) in [4.78, 5) is 4.26. The van der Waals surface area contributed by atoms with Crippen molar-refractivity contribution in [3.8, 4) is 11.4 Å². The molecule has 2 N–H and O–H groups in total. The minimum Gasteiger partial charge on any atom is -0.495 e. The Morgan fingerprint density at radius 2 is 2.10 bits per heavy atom. The first kappa shape index (κ1) is 14.4. The highest BCUT2D eigenvalue weighted by Gasteiger charge is 2.14. The highest BCUT2D eigenvalue weighted by atomic mass is 127. The minimum absolute atomic E-state index is 0.274. The molecule has 0 aliphatic heterocycles. The molecule has 0 spiro atoms. The third kappa shape index (κ3) is 2.42. The molecule has 3 rings (SSSR count). The number of aromatic nitrogens is 2. The molecule has 0 aliphatic rings. The molecular formula is C14H10ClFIN3O. The van der Waals surface area contributed by atoms with Crippen molar-refractivity contribution >= 4 is 51.2 Å². The normalized spacial score (nSPS) is 11.0. The summed E-state index contributed by atoms with van der Waals surface area (Å²) in [6.45, 7) is 0. The summed E-state index contributed by atoms with van der Waals surface area (Å²) in [5, 5.41) is 0.491. The Bertz CT molecular complexity index is 850. The number of methoxy groups -OCH3 is 1. The topological polar surface area (TPSA) is 53.1 Å². The monoisotopic (exact) mass is 417 g/mol. The van der Waals surface area contributed by atoms with Crippen LogP contribution in [0.25, 0.3) is 16.7 Å². The standard InChI is InChI=1S/C14H10ClFIN3O/c1-21-13-4-7(2-3-8(13)15)20-12-5-9(16)10(17)6-11(12)19-14(20)18/h2-6H,1H3,(H2,18,19). The summed E-state index contributed by atoms with van der Waals surface area (Å²) in [6.07, 6.45) is 0. The molecule has 21 heavy (non-hydrogen) atoms. The van der Waals surface area contributed by atoms with Crippen LogP contribution in [0.2, 0.25) is 5.02 Å². The summed E-state index contributed by atoms with van der Waals surface area (Å²) in [7, 11) is 1.53. The van der Waals surface area contributed by atoms with Gasteiger partial charge in [-0.05, 0) is 40.8 Å². The van der Waals surface area contributed by atoms with Gasteiger partial charge in [-0.3, -0.25) is 4.57 Å². The van der Waals surface area contributed by atoms with Crippen molar-refractivity contribution in [3.05, 3.63) is 44.7 Å². The molecule has 4 nitrogen and oxygen atoms in total. The fourth-order valence-electron chi connectivity index (χ4n) is 2.15. The second kappa shape index (κ2) is 5.34. The van der Waals surface area contributed by atoms with E-state index in [1.54, 1.807) is 28.8 Å². The van der Waals surface area contributed by atoms with Crippen LogP contribution in [0.3, 0.4) is 0 Å². The Morgan fingerprint density at radius 3 is 2.81 bits per heavy atom. The van der Waals surface area contributed by atoms with Gasteiger partial charge in [0, 0.05) is 12.1 Å². The van der Waals surface area contributed by atoms with E-state index in [0.717, 1.165) is 0 Å². The molecule has 0 saturated carbocycles. The van der Waals surface area contributed by atoms with Crippen LogP contribution in [0.5, 0.6) is 5.75 Å². The molecule has 108 valence electrons. The maximum atomic E-state index is 13.8. The van der Waals surface area contributed by atoms with Crippen LogP contribution in [0.15, 0.2) is 30.3 Å². The van der Waals surface area contributed by atoms with Crippen molar-refractivity contribution < 1.29 is 9.13 Å². The van der Waals surface area contributed by atoms with Gasteiger partial charge in [-0.1, -0.05) is 11.6 Å². The van der Waals surface area contributed by atoms with E-state index in [2.05, 4.69) is 4.98 Å². The lowest BCUT2D eigenvalue weighted by atomic mass is 10.2. The van der Waals surface area contributed by atoms with Crippen LogP contribution >= 0.6 is 34.2 Å². The SMILES string of the molecule is COc1cc(-n2c(N)nc3cc(I)c(F)cc32)ccc1Cl. The van der Waals surface area contributed by atoms with Gasteiger partial charge >= 0.3 is 0 Å². The molecule has 0 bridgehead atoms. The summed E-state index contributed by atoms with van der Waals surface area (Å²) in [5.74, 6) is 0.474. The van der Waals surface area contributed by atoms with Crippen LogP contribution in [0.4, 0.5) is 10.3 Å². The van der Waals surface area contributed by atoms with E-state index in [9.17, 15) is 4.39 Å². The number of ether oxygens (including phenoxy) is 1. The Balaban J connectivity index is 2.29. The smallest absolute Gasteiger partial charge is 0.205 e. The van der Waals surface area contributed by atoms with Crippen molar-refractivity contribution in [2.24, 2.45) is 0 Å². The first-order valence-corrected chi connectivity index (χ1v) is 7.44. The Morgan fingerprint density at radius 1 is 1.33 bits per heavy atom. The van der Waals surface area contributed by atoms with Gasteiger partial charge in [0.15, 0.2) is 0 Å². The molecule has 0 unspecified atom stereocenters. The van der Waals surface area contributed by atoms with Gasteiger partial charge in [-0.15, -0.1) is 0 Å². The lowest BCUT2D eigenvalue weighted by molar-refractivity contribution is 0.415. The number of fused-ring (bicyclic) bond motifs is 1. The first-order chi connectivity index (χ1) is 10.0. The number of hydrogen-bond donors (Lipinski definition) is 1. The average Bonchev–Trinajstić information content (AvgIpc) is 2.75. The largest absolute Gasteiger partial charge is 0.495 e. The van der Waals surface area contributed by atoms with Gasteiger partial charge in [-0.2, -0.15) is 0 Å². The van der Waals surface area contributed by atoms with Crippen LogP contribution in [-0.2, 0) is 0 Å². The van der Waals surface area contributed by atoms with Gasteiger partial charge in [0.05, 0.1) is 32.4 Å². The lowest BCUT2D eigenvalue weighted by Gasteiger charge is -2.10. The number of imidazole rings is 1. The molecule has 7 heteroatoms. The Labute approximate surface area is 138 Å². The molecule has 0 fully saturated rings. The number of nitrogen functional groups attached to an aromatic ring is 1. The van der Waals surface area contributed by atoms with Gasteiger partial charge < -0.3 is 10.5 Å². The summed E-state index contributed by atoms with van der Waals surface area (Å²) < 4.78 is 21.2. The molecule has 0 amide bonds. The highest BCUT2D eigenvalue weighted by molar-refractivity contribution is 14.1. The molecule has 0 atom stereocenters.